The van der Waals surface area contributed by atoms with Crippen molar-refractivity contribution >= 4 is 41.5 Å². The molecular weight excluding hydrogens is 325 g/mol. The molecule has 0 aromatic heterocycles. The predicted octanol–water partition coefficient (Wildman–Crippen LogP) is 2.70. The standard InChI is InChI=1S/C15H22ClN3O2.ClH/c1-4-7-18-15(21)12-6-5-11(16)8-13(12)19-14(20)10(2)9-17-3;/h5-6,8,10,17H,4,7,9H2,1-3H3,(H,18,21)(H,19,20);1H. The number of hydrogen-bond acceptors (Lipinski definition) is 3. The lowest BCUT2D eigenvalue weighted by Crippen LogP contribution is -2.30. The molecule has 0 spiro atoms. The van der Waals surface area contributed by atoms with E-state index in [-0.39, 0.29) is 30.1 Å². The number of amides is 2. The van der Waals surface area contributed by atoms with Gasteiger partial charge in [0, 0.05) is 24.0 Å². The van der Waals surface area contributed by atoms with Crippen molar-refractivity contribution in [2.24, 2.45) is 5.92 Å². The Morgan fingerprint density at radius 1 is 1.32 bits per heavy atom. The molecule has 0 bridgehead atoms. The van der Waals surface area contributed by atoms with E-state index in [1.165, 1.54) is 0 Å². The summed E-state index contributed by atoms with van der Waals surface area (Å²) in [6.45, 7) is 4.94. The fourth-order valence-corrected chi connectivity index (χ4v) is 1.98. The summed E-state index contributed by atoms with van der Waals surface area (Å²) in [6.07, 6.45) is 0.847. The van der Waals surface area contributed by atoms with Crippen LogP contribution < -0.4 is 16.0 Å². The van der Waals surface area contributed by atoms with Crippen molar-refractivity contribution in [3.05, 3.63) is 28.8 Å². The molecule has 0 heterocycles. The van der Waals surface area contributed by atoms with Crippen molar-refractivity contribution in [1.29, 1.82) is 0 Å². The first-order chi connectivity index (χ1) is 9.99. The first kappa shape index (κ1) is 20.7. The minimum Gasteiger partial charge on any atom is -0.352 e. The zero-order valence-electron chi connectivity index (χ0n) is 13.0. The number of halogens is 2. The van der Waals surface area contributed by atoms with Gasteiger partial charge < -0.3 is 16.0 Å². The number of benzene rings is 1. The number of carbonyl (C=O) groups is 2. The highest BCUT2D eigenvalue weighted by Crippen LogP contribution is 2.21. The van der Waals surface area contributed by atoms with Gasteiger partial charge in [-0.25, -0.2) is 0 Å². The normalized spacial score (nSPS) is 11.3. The molecule has 0 radical (unpaired) electrons. The Balaban J connectivity index is 0.00000441. The highest BCUT2D eigenvalue weighted by atomic mass is 35.5. The maximum atomic E-state index is 12.1. The van der Waals surface area contributed by atoms with Crippen molar-refractivity contribution in [2.45, 2.75) is 20.3 Å². The SMILES string of the molecule is CCCNC(=O)c1ccc(Cl)cc1NC(=O)C(C)CNC.Cl. The molecule has 124 valence electrons. The second kappa shape index (κ2) is 10.4. The summed E-state index contributed by atoms with van der Waals surface area (Å²) < 4.78 is 0. The van der Waals surface area contributed by atoms with E-state index < -0.39 is 0 Å². The summed E-state index contributed by atoms with van der Waals surface area (Å²) in [4.78, 5) is 24.2. The molecule has 1 rings (SSSR count). The molecule has 1 aromatic rings. The van der Waals surface area contributed by atoms with E-state index in [1.54, 1.807) is 25.2 Å². The van der Waals surface area contributed by atoms with E-state index in [2.05, 4.69) is 16.0 Å². The topological polar surface area (TPSA) is 70.2 Å². The van der Waals surface area contributed by atoms with Crippen LogP contribution in [0.2, 0.25) is 5.02 Å². The smallest absolute Gasteiger partial charge is 0.253 e. The van der Waals surface area contributed by atoms with E-state index in [1.807, 2.05) is 13.8 Å². The number of rotatable bonds is 7. The van der Waals surface area contributed by atoms with Crippen LogP contribution in [0.15, 0.2) is 18.2 Å². The Kier molecular flexibility index (Phi) is 9.81. The Morgan fingerprint density at radius 2 is 2.00 bits per heavy atom. The van der Waals surface area contributed by atoms with Gasteiger partial charge in [-0.15, -0.1) is 12.4 Å². The van der Waals surface area contributed by atoms with Gasteiger partial charge in [0.15, 0.2) is 0 Å². The number of anilines is 1. The molecule has 2 amide bonds. The highest BCUT2D eigenvalue weighted by Gasteiger charge is 2.17. The zero-order valence-corrected chi connectivity index (χ0v) is 14.6. The third kappa shape index (κ3) is 6.22. The van der Waals surface area contributed by atoms with Crippen LogP contribution in [0.3, 0.4) is 0 Å². The Morgan fingerprint density at radius 3 is 2.59 bits per heavy atom. The molecule has 1 aromatic carbocycles. The van der Waals surface area contributed by atoms with Crippen molar-refractivity contribution in [3.8, 4) is 0 Å². The van der Waals surface area contributed by atoms with Crippen LogP contribution in [-0.2, 0) is 4.79 Å². The second-order valence-corrected chi connectivity index (χ2v) is 5.33. The quantitative estimate of drug-likeness (QED) is 0.710. The third-order valence-corrected chi connectivity index (χ3v) is 3.21. The van der Waals surface area contributed by atoms with Crippen molar-refractivity contribution in [1.82, 2.24) is 10.6 Å². The summed E-state index contributed by atoms with van der Waals surface area (Å²) in [5, 5.41) is 8.98. The largest absolute Gasteiger partial charge is 0.352 e. The van der Waals surface area contributed by atoms with Gasteiger partial charge in [0.2, 0.25) is 5.91 Å². The average Bonchev–Trinajstić information content (AvgIpc) is 2.45. The molecule has 0 aliphatic carbocycles. The lowest BCUT2D eigenvalue weighted by atomic mass is 10.1. The minimum absolute atomic E-state index is 0. The molecule has 3 N–H and O–H groups in total. The first-order valence-electron chi connectivity index (χ1n) is 7.02. The van der Waals surface area contributed by atoms with Gasteiger partial charge in [0.25, 0.3) is 5.91 Å². The fourth-order valence-electron chi connectivity index (χ4n) is 1.81. The molecule has 0 fully saturated rings. The number of nitrogens with one attached hydrogen (secondary N) is 3. The van der Waals surface area contributed by atoms with Crippen LogP contribution >= 0.6 is 24.0 Å². The molecule has 0 aliphatic heterocycles. The van der Waals surface area contributed by atoms with E-state index in [0.29, 0.717) is 29.4 Å². The van der Waals surface area contributed by atoms with E-state index in [9.17, 15) is 9.59 Å². The fraction of sp³-hybridized carbons (Fsp3) is 0.467. The first-order valence-corrected chi connectivity index (χ1v) is 7.40. The van der Waals surface area contributed by atoms with E-state index >= 15 is 0 Å². The monoisotopic (exact) mass is 347 g/mol. The van der Waals surface area contributed by atoms with Crippen molar-refractivity contribution in [3.63, 3.8) is 0 Å². The van der Waals surface area contributed by atoms with Gasteiger partial charge in [-0.3, -0.25) is 9.59 Å². The van der Waals surface area contributed by atoms with Crippen LogP contribution in [0.4, 0.5) is 5.69 Å². The van der Waals surface area contributed by atoms with Gasteiger partial charge in [0.05, 0.1) is 11.3 Å². The number of carbonyl (C=O) groups excluding carboxylic acids is 2. The van der Waals surface area contributed by atoms with E-state index in [4.69, 9.17) is 11.6 Å². The van der Waals surface area contributed by atoms with Crippen molar-refractivity contribution < 1.29 is 9.59 Å². The van der Waals surface area contributed by atoms with Crippen LogP contribution in [0, 0.1) is 5.92 Å². The molecule has 22 heavy (non-hydrogen) atoms. The predicted molar refractivity (Wildman–Crippen MR) is 93.0 cm³/mol. The molecule has 1 unspecified atom stereocenters. The average molecular weight is 348 g/mol. The minimum atomic E-state index is -0.218. The van der Waals surface area contributed by atoms with Crippen LogP contribution in [0.5, 0.6) is 0 Å². The third-order valence-electron chi connectivity index (χ3n) is 2.98. The summed E-state index contributed by atoms with van der Waals surface area (Å²) in [5.74, 6) is -0.582. The van der Waals surface area contributed by atoms with Gasteiger partial charge in [-0.2, -0.15) is 0 Å². The molecule has 5 nitrogen and oxygen atoms in total. The summed E-state index contributed by atoms with van der Waals surface area (Å²) in [5.41, 5.74) is 0.849. The van der Waals surface area contributed by atoms with Crippen LogP contribution in [-0.4, -0.2) is 32.0 Å². The Hall–Kier alpha value is -1.30. The second-order valence-electron chi connectivity index (χ2n) is 4.89. The molecule has 7 heteroatoms. The van der Waals surface area contributed by atoms with E-state index in [0.717, 1.165) is 6.42 Å². The Labute approximate surface area is 142 Å². The van der Waals surface area contributed by atoms with Crippen LogP contribution in [0.25, 0.3) is 0 Å². The zero-order chi connectivity index (χ0) is 15.8. The summed E-state index contributed by atoms with van der Waals surface area (Å²) >= 11 is 5.95. The molecular formula is C15H23Cl2N3O2. The lowest BCUT2D eigenvalue weighted by molar-refractivity contribution is -0.119. The highest BCUT2D eigenvalue weighted by molar-refractivity contribution is 6.31. The maximum absolute atomic E-state index is 12.1. The van der Waals surface area contributed by atoms with Gasteiger partial charge in [0.1, 0.15) is 0 Å². The molecule has 0 saturated heterocycles. The summed E-state index contributed by atoms with van der Waals surface area (Å²) in [7, 11) is 1.78. The van der Waals surface area contributed by atoms with Gasteiger partial charge in [-0.05, 0) is 31.7 Å². The Bertz CT molecular complexity index is 510. The summed E-state index contributed by atoms with van der Waals surface area (Å²) in [6, 6.07) is 4.84. The van der Waals surface area contributed by atoms with Gasteiger partial charge in [-0.1, -0.05) is 25.4 Å². The molecule has 0 saturated carbocycles. The van der Waals surface area contributed by atoms with Crippen LogP contribution in [0.1, 0.15) is 30.6 Å². The lowest BCUT2D eigenvalue weighted by Gasteiger charge is -2.15. The molecule has 0 aliphatic rings. The maximum Gasteiger partial charge on any atom is 0.253 e. The van der Waals surface area contributed by atoms with Crippen molar-refractivity contribution in [2.75, 3.05) is 25.5 Å². The number of hydrogen-bond donors (Lipinski definition) is 3. The molecule has 1 atom stereocenters. The van der Waals surface area contributed by atoms with Gasteiger partial charge >= 0.3 is 0 Å².